The number of carboxylic acid groups (broad SMARTS) is 1. The predicted molar refractivity (Wildman–Crippen MR) is 155 cm³/mol. The molecule has 0 radical (unpaired) electrons. The normalized spacial score (nSPS) is 15.3. The highest BCUT2D eigenvalue weighted by atomic mass is 16.5. The Balaban J connectivity index is 1.27. The zero-order chi connectivity index (χ0) is 28.8. The molecule has 2 N–H and O–H groups in total. The van der Waals surface area contributed by atoms with Gasteiger partial charge in [0, 0.05) is 24.5 Å². The second kappa shape index (κ2) is 12.2. The van der Waals surface area contributed by atoms with Crippen molar-refractivity contribution >= 4 is 23.6 Å². The smallest absolute Gasteiger partial charge is 0.313 e. The molecule has 0 amide bonds. The molecule has 5 rings (SSSR count). The van der Waals surface area contributed by atoms with Crippen LogP contribution in [-0.2, 0) is 10.2 Å². The number of piperidine rings is 1. The third-order valence-electron chi connectivity index (χ3n) is 6.97. The number of benzene rings is 1. The zero-order valence-electron chi connectivity index (χ0n) is 23.3. The highest BCUT2D eigenvalue weighted by Crippen LogP contribution is 2.29. The molecule has 11 nitrogen and oxygen atoms in total. The van der Waals surface area contributed by atoms with E-state index in [4.69, 9.17) is 14.5 Å². The Labute approximate surface area is 238 Å². The van der Waals surface area contributed by atoms with Gasteiger partial charge in [-0.3, -0.25) is 9.78 Å². The van der Waals surface area contributed by atoms with Crippen LogP contribution in [0.5, 0.6) is 11.6 Å². The van der Waals surface area contributed by atoms with Crippen LogP contribution in [0.25, 0.3) is 11.3 Å². The van der Waals surface area contributed by atoms with Crippen molar-refractivity contribution in [3.05, 3.63) is 72.8 Å². The number of nitrogens with one attached hydrogen (secondary N) is 1. The van der Waals surface area contributed by atoms with Crippen molar-refractivity contribution in [1.29, 1.82) is 0 Å². The Kier molecular flexibility index (Phi) is 8.23. The van der Waals surface area contributed by atoms with Gasteiger partial charge in [0.25, 0.3) is 5.88 Å². The fourth-order valence-electron chi connectivity index (χ4n) is 4.57. The first kappa shape index (κ1) is 27.8. The van der Waals surface area contributed by atoms with Gasteiger partial charge in [-0.2, -0.15) is 0 Å². The molecule has 0 unspecified atom stereocenters. The van der Waals surface area contributed by atoms with Gasteiger partial charge in [0.1, 0.15) is 11.9 Å². The standard InChI is InChI=1S/C30H33N7O4/c1-4-40-24-8-5-14-32-27(24)41-22-7-6-16-37(19-22)26-18-31-17-25(35-26)36-29-33-15-13-23(34-29)20-9-11-21(12-10-20)30(2,3)28(38)39/h5,8-15,17-18,22H,4,6-7,16,19H2,1-3H3,(H,38,39)(H,33,34,35,36)/t22-/m1/s1. The monoisotopic (exact) mass is 555 g/mol. The van der Waals surface area contributed by atoms with Crippen LogP contribution in [0.1, 0.15) is 39.2 Å². The van der Waals surface area contributed by atoms with Crippen LogP contribution >= 0.6 is 0 Å². The lowest BCUT2D eigenvalue weighted by atomic mass is 9.84. The van der Waals surface area contributed by atoms with Crippen LogP contribution in [0.4, 0.5) is 17.6 Å². The number of carboxylic acids is 1. The van der Waals surface area contributed by atoms with E-state index in [0.29, 0.717) is 47.8 Å². The highest BCUT2D eigenvalue weighted by molar-refractivity contribution is 5.80. The lowest BCUT2D eigenvalue weighted by Gasteiger charge is -2.33. The van der Waals surface area contributed by atoms with Crippen molar-refractivity contribution in [2.45, 2.75) is 45.1 Å². The number of aliphatic carboxylic acids is 1. The molecule has 0 saturated carbocycles. The second-order valence-electron chi connectivity index (χ2n) is 10.2. The van der Waals surface area contributed by atoms with Crippen LogP contribution in [0.2, 0.25) is 0 Å². The van der Waals surface area contributed by atoms with Crippen molar-refractivity contribution in [1.82, 2.24) is 24.9 Å². The van der Waals surface area contributed by atoms with Crippen LogP contribution in [0.3, 0.4) is 0 Å². The summed E-state index contributed by atoms with van der Waals surface area (Å²) in [5, 5.41) is 12.7. The SMILES string of the molecule is CCOc1cccnc1O[C@@H]1CCCN(c2cncc(Nc3nccc(-c4ccc(C(C)(C)C(=O)O)cc4)n3)n2)C1. The summed E-state index contributed by atoms with van der Waals surface area (Å²) in [7, 11) is 0. The van der Waals surface area contributed by atoms with Crippen molar-refractivity contribution in [3.63, 3.8) is 0 Å². The van der Waals surface area contributed by atoms with E-state index >= 15 is 0 Å². The highest BCUT2D eigenvalue weighted by Gasteiger charge is 2.29. The number of rotatable bonds is 10. The van der Waals surface area contributed by atoms with Crippen LogP contribution in [0, 0.1) is 0 Å². The van der Waals surface area contributed by atoms with Gasteiger partial charge in [0.05, 0.1) is 36.7 Å². The summed E-state index contributed by atoms with van der Waals surface area (Å²) in [5.41, 5.74) is 1.28. The molecule has 0 aliphatic carbocycles. The van der Waals surface area contributed by atoms with Gasteiger partial charge < -0.3 is 24.8 Å². The molecule has 3 aromatic heterocycles. The van der Waals surface area contributed by atoms with Crippen LogP contribution in [0.15, 0.2) is 67.3 Å². The first-order valence-electron chi connectivity index (χ1n) is 13.6. The van der Waals surface area contributed by atoms with Gasteiger partial charge >= 0.3 is 5.97 Å². The number of hydrogen-bond acceptors (Lipinski definition) is 10. The van der Waals surface area contributed by atoms with E-state index in [2.05, 4.69) is 30.2 Å². The largest absolute Gasteiger partial charge is 0.488 e. The maximum Gasteiger partial charge on any atom is 0.313 e. The minimum Gasteiger partial charge on any atom is -0.488 e. The van der Waals surface area contributed by atoms with Gasteiger partial charge in [-0.25, -0.2) is 19.9 Å². The van der Waals surface area contributed by atoms with E-state index in [1.165, 1.54) is 0 Å². The molecular formula is C30H33N7O4. The van der Waals surface area contributed by atoms with Gasteiger partial charge in [-0.1, -0.05) is 24.3 Å². The average molecular weight is 556 g/mol. The third kappa shape index (κ3) is 6.51. The lowest BCUT2D eigenvalue weighted by molar-refractivity contribution is -0.142. The summed E-state index contributed by atoms with van der Waals surface area (Å²) in [4.78, 5) is 36.2. The quantitative estimate of drug-likeness (QED) is 0.277. The predicted octanol–water partition coefficient (Wildman–Crippen LogP) is 4.88. The van der Waals surface area contributed by atoms with E-state index < -0.39 is 11.4 Å². The molecule has 212 valence electrons. The maximum absolute atomic E-state index is 11.6. The molecule has 0 bridgehead atoms. The van der Waals surface area contributed by atoms with E-state index in [1.807, 2.05) is 43.3 Å². The first-order chi connectivity index (χ1) is 19.8. The minimum atomic E-state index is -0.980. The lowest BCUT2D eigenvalue weighted by Crippen LogP contribution is -2.41. The van der Waals surface area contributed by atoms with Gasteiger partial charge in [-0.05, 0) is 57.4 Å². The number of ether oxygens (including phenoxy) is 2. The molecule has 1 aromatic carbocycles. The zero-order valence-corrected chi connectivity index (χ0v) is 23.3. The molecule has 0 spiro atoms. The Bertz CT molecular complexity index is 1500. The molecular weight excluding hydrogens is 522 g/mol. The molecule has 4 aromatic rings. The minimum absolute atomic E-state index is 0.0660. The Morgan fingerprint density at radius 1 is 1.10 bits per heavy atom. The summed E-state index contributed by atoms with van der Waals surface area (Å²) >= 11 is 0. The number of aromatic nitrogens is 5. The number of nitrogens with zero attached hydrogens (tertiary/aromatic N) is 6. The van der Waals surface area contributed by atoms with Crippen LogP contribution < -0.4 is 19.7 Å². The first-order valence-corrected chi connectivity index (χ1v) is 13.6. The van der Waals surface area contributed by atoms with E-state index in [0.717, 1.165) is 30.8 Å². The van der Waals surface area contributed by atoms with Crippen molar-refractivity contribution < 1.29 is 19.4 Å². The average Bonchev–Trinajstić information content (AvgIpc) is 2.99. The molecule has 1 saturated heterocycles. The number of pyridine rings is 1. The van der Waals surface area contributed by atoms with E-state index in [-0.39, 0.29) is 6.10 Å². The number of anilines is 3. The molecule has 4 heterocycles. The molecule has 41 heavy (non-hydrogen) atoms. The molecule has 1 aliphatic heterocycles. The van der Waals surface area contributed by atoms with Gasteiger partial charge in [-0.15, -0.1) is 0 Å². The topological polar surface area (TPSA) is 135 Å². The van der Waals surface area contributed by atoms with Crippen LogP contribution in [-0.4, -0.2) is 61.8 Å². The fraction of sp³-hybridized carbons (Fsp3) is 0.333. The Morgan fingerprint density at radius 3 is 2.71 bits per heavy atom. The second-order valence-corrected chi connectivity index (χ2v) is 10.2. The summed E-state index contributed by atoms with van der Waals surface area (Å²) in [6.07, 6.45) is 8.50. The summed E-state index contributed by atoms with van der Waals surface area (Å²) < 4.78 is 11.9. The Hall–Kier alpha value is -4.80. The summed E-state index contributed by atoms with van der Waals surface area (Å²) in [5.74, 6) is 1.88. The van der Waals surface area contributed by atoms with E-state index in [9.17, 15) is 9.90 Å². The van der Waals surface area contributed by atoms with Crippen molar-refractivity contribution in [2.24, 2.45) is 0 Å². The maximum atomic E-state index is 11.6. The summed E-state index contributed by atoms with van der Waals surface area (Å²) in [6.45, 7) is 7.31. The molecule has 11 heteroatoms. The molecule has 1 fully saturated rings. The third-order valence-corrected chi connectivity index (χ3v) is 6.97. The van der Waals surface area contributed by atoms with Gasteiger partial charge in [0.15, 0.2) is 11.6 Å². The number of carbonyl (C=O) groups is 1. The van der Waals surface area contributed by atoms with Crippen molar-refractivity contribution in [2.75, 3.05) is 29.9 Å². The number of hydrogen-bond donors (Lipinski definition) is 2. The molecule has 1 atom stereocenters. The summed E-state index contributed by atoms with van der Waals surface area (Å²) in [6, 6.07) is 12.9. The van der Waals surface area contributed by atoms with E-state index in [1.54, 1.807) is 44.7 Å². The van der Waals surface area contributed by atoms with Crippen molar-refractivity contribution in [3.8, 4) is 22.9 Å². The van der Waals surface area contributed by atoms with Gasteiger partial charge in [0.2, 0.25) is 5.95 Å². The molecule has 1 aliphatic rings. The Morgan fingerprint density at radius 2 is 1.93 bits per heavy atom. The fourth-order valence-corrected chi connectivity index (χ4v) is 4.57.